The summed E-state index contributed by atoms with van der Waals surface area (Å²) < 4.78 is 16.7. The van der Waals surface area contributed by atoms with Crippen molar-refractivity contribution < 1.29 is 28.6 Å². The molecule has 0 spiro atoms. The Morgan fingerprint density at radius 2 is 0.719 bits per heavy atom. The fourth-order valence-electron chi connectivity index (χ4n) is 6.43. The first-order valence-corrected chi connectivity index (χ1v) is 23.8. The highest BCUT2D eigenvalue weighted by atomic mass is 16.6. The molecule has 0 aliphatic rings. The number of carbonyl (C=O) groups is 3. The summed E-state index contributed by atoms with van der Waals surface area (Å²) in [6.45, 7) is 6.42. The second kappa shape index (κ2) is 45.8. The molecule has 0 aromatic rings. The van der Waals surface area contributed by atoms with Gasteiger partial charge in [-0.25, -0.2) is 0 Å². The van der Waals surface area contributed by atoms with Crippen LogP contribution in [-0.4, -0.2) is 37.2 Å². The van der Waals surface area contributed by atoms with E-state index in [9.17, 15) is 14.4 Å². The van der Waals surface area contributed by atoms with Crippen LogP contribution in [0.1, 0.15) is 226 Å². The third-order valence-electron chi connectivity index (χ3n) is 9.99. The molecule has 328 valence electrons. The van der Waals surface area contributed by atoms with Crippen molar-refractivity contribution in [2.45, 2.75) is 232 Å². The molecule has 0 aliphatic heterocycles. The van der Waals surface area contributed by atoms with E-state index in [2.05, 4.69) is 81.5 Å². The maximum absolute atomic E-state index is 12.7. The first-order valence-electron chi connectivity index (χ1n) is 23.8. The summed E-state index contributed by atoms with van der Waals surface area (Å²) in [6.07, 6.45) is 54.9. The standard InChI is InChI=1S/C51H88O6/c1-4-7-10-13-16-19-22-24-25-26-27-28-30-32-35-38-41-44-50(53)56-47-48(46-55-49(52)43-40-37-34-31-21-18-15-12-9-6-3)57-51(54)45-42-39-36-33-29-23-20-17-14-11-8-5-2/h7,10,12,15-16,19,24-25,27-28,48H,4-6,8-9,11,13-14,17-18,20-23,26,29-47H2,1-3H3/b10-7-,15-12-,19-16-,25-24-,28-27-. The predicted octanol–water partition coefficient (Wildman–Crippen LogP) is 15.3. The molecule has 0 aromatic carbocycles. The number of rotatable bonds is 42. The molecule has 0 amide bonds. The molecule has 0 radical (unpaired) electrons. The molecular weight excluding hydrogens is 709 g/mol. The number of esters is 3. The minimum Gasteiger partial charge on any atom is -0.462 e. The smallest absolute Gasteiger partial charge is 0.306 e. The summed E-state index contributed by atoms with van der Waals surface area (Å²) >= 11 is 0. The van der Waals surface area contributed by atoms with Crippen molar-refractivity contribution in [3.8, 4) is 0 Å². The molecule has 0 heterocycles. The van der Waals surface area contributed by atoms with Gasteiger partial charge < -0.3 is 14.2 Å². The first kappa shape index (κ1) is 54.1. The van der Waals surface area contributed by atoms with Gasteiger partial charge in [-0.2, -0.15) is 0 Å². The van der Waals surface area contributed by atoms with E-state index in [0.29, 0.717) is 19.3 Å². The molecular formula is C51H88O6. The number of hydrogen-bond donors (Lipinski definition) is 0. The van der Waals surface area contributed by atoms with Crippen LogP contribution in [0.4, 0.5) is 0 Å². The molecule has 0 saturated heterocycles. The Morgan fingerprint density at radius 1 is 0.368 bits per heavy atom. The van der Waals surface area contributed by atoms with Gasteiger partial charge in [-0.3, -0.25) is 14.4 Å². The van der Waals surface area contributed by atoms with Crippen LogP contribution in [0.3, 0.4) is 0 Å². The van der Waals surface area contributed by atoms with E-state index in [0.717, 1.165) is 109 Å². The van der Waals surface area contributed by atoms with Crippen molar-refractivity contribution in [2.24, 2.45) is 0 Å². The van der Waals surface area contributed by atoms with Crippen LogP contribution in [0.5, 0.6) is 0 Å². The average molecular weight is 797 g/mol. The molecule has 6 nitrogen and oxygen atoms in total. The Balaban J connectivity index is 4.39. The summed E-state index contributed by atoms with van der Waals surface area (Å²) in [5, 5.41) is 0. The topological polar surface area (TPSA) is 78.9 Å². The summed E-state index contributed by atoms with van der Waals surface area (Å²) in [5.41, 5.74) is 0. The summed E-state index contributed by atoms with van der Waals surface area (Å²) in [5.74, 6) is -0.920. The van der Waals surface area contributed by atoms with Crippen LogP contribution in [0.2, 0.25) is 0 Å². The van der Waals surface area contributed by atoms with E-state index < -0.39 is 6.10 Å². The van der Waals surface area contributed by atoms with Gasteiger partial charge in [0.1, 0.15) is 13.2 Å². The second-order valence-corrected chi connectivity index (χ2v) is 15.6. The highest BCUT2D eigenvalue weighted by molar-refractivity contribution is 5.71. The molecule has 0 fully saturated rings. The fraction of sp³-hybridized carbons (Fsp3) is 0.745. The molecule has 0 rings (SSSR count). The van der Waals surface area contributed by atoms with E-state index in [1.165, 1.54) is 77.0 Å². The maximum atomic E-state index is 12.7. The highest BCUT2D eigenvalue weighted by Crippen LogP contribution is 2.14. The lowest BCUT2D eigenvalue weighted by atomic mass is 10.0. The van der Waals surface area contributed by atoms with E-state index in [1.807, 2.05) is 0 Å². The molecule has 6 heteroatoms. The highest BCUT2D eigenvalue weighted by Gasteiger charge is 2.19. The number of allylic oxidation sites excluding steroid dienone is 10. The Morgan fingerprint density at radius 3 is 1.16 bits per heavy atom. The maximum Gasteiger partial charge on any atom is 0.306 e. The molecule has 0 bridgehead atoms. The minimum atomic E-state index is -0.783. The van der Waals surface area contributed by atoms with Crippen molar-refractivity contribution in [1.82, 2.24) is 0 Å². The van der Waals surface area contributed by atoms with Crippen LogP contribution in [0, 0.1) is 0 Å². The van der Waals surface area contributed by atoms with Crippen LogP contribution in [0.25, 0.3) is 0 Å². The number of unbranched alkanes of at least 4 members (excludes halogenated alkanes) is 21. The average Bonchev–Trinajstić information content (AvgIpc) is 3.21. The lowest BCUT2D eigenvalue weighted by molar-refractivity contribution is -0.167. The quantitative estimate of drug-likeness (QED) is 0.0265. The zero-order chi connectivity index (χ0) is 41.5. The molecule has 57 heavy (non-hydrogen) atoms. The summed E-state index contributed by atoms with van der Waals surface area (Å²) in [7, 11) is 0. The van der Waals surface area contributed by atoms with E-state index >= 15 is 0 Å². The van der Waals surface area contributed by atoms with Gasteiger partial charge in [-0.05, 0) is 77.0 Å². The first-order chi connectivity index (χ1) is 28.0. The van der Waals surface area contributed by atoms with Crippen LogP contribution in [0.15, 0.2) is 60.8 Å². The van der Waals surface area contributed by atoms with Crippen LogP contribution >= 0.6 is 0 Å². The Hall–Kier alpha value is -2.89. The van der Waals surface area contributed by atoms with E-state index in [1.54, 1.807) is 0 Å². The largest absolute Gasteiger partial charge is 0.462 e. The number of hydrogen-bond acceptors (Lipinski definition) is 6. The predicted molar refractivity (Wildman–Crippen MR) is 242 cm³/mol. The van der Waals surface area contributed by atoms with Gasteiger partial charge in [0, 0.05) is 19.3 Å². The van der Waals surface area contributed by atoms with Gasteiger partial charge >= 0.3 is 17.9 Å². The van der Waals surface area contributed by atoms with Gasteiger partial charge in [-0.1, -0.05) is 191 Å². The zero-order valence-electron chi connectivity index (χ0n) is 37.3. The van der Waals surface area contributed by atoms with Crippen molar-refractivity contribution in [1.29, 1.82) is 0 Å². The monoisotopic (exact) mass is 797 g/mol. The molecule has 1 unspecified atom stereocenters. The van der Waals surface area contributed by atoms with Gasteiger partial charge in [0.15, 0.2) is 6.10 Å². The Kier molecular flexibility index (Phi) is 43.5. The Labute approximate surface area is 351 Å². The lowest BCUT2D eigenvalue weighted by Gasteiger charge is -2.18. The SMILES string of the molecule is CC/C=C\C/C=C\C/C=C\C/C=C\CCCCCCC(=O)OCC(COC(=O)CCCCCCC/C=C\CCC)OC(=O)CCCCCCCCCCCCCC. The normalized spacial score (nSPS) is 12.5. The van der Waals surface area contributed by atoms with Gasteiger partial charge in [-0.15, -0.1) is 0 Å². The van der Waals surface area contributed by atoms with Gasteiger partial charge in [0.05, 0.1) is 0 Å². The van der Waals surface area contributed by atoms with Crippen LogP contribution in [-0.2, 0) is 28.6 Å². The zero-order valence-corrected chi connectivity index (χ0v) is 37.3. The minimum absolute atomic E-state index is 0.0856. The van der Waals surface area contributed by atoms with Crippen molar-refractivity contribution in [3.05, 3.63) is 60.8 Å². The number of carbonyl (C=O) groups excluding carboxylic acids is 3. The number of ether oxygens (including phenoxy) is 3. The third kappa shape index (κ3) is 44.1. The second-order valence-electron chi connectivity index (χ2n) is 15.6. The van der Waals surface area contributed by atoms with Crippen molar-refractivity contribution in [3.63, 3.8) is 0 Å². The van der Waals surface area contributed by atoms with Crippen molar-refractivity contribution in [2.75, 3.05) is 13.2 Å². The summed E-state index contributed by atoms with van der Waals surface area (Å²) in [4.78, 5) is 37.8. The third-order valence-corrected chi connectivity index (χ3v) is 9.99. The van der Waals surface area contributed by atoms with Crippen LogP contribution < -0.4 is 0 Å². The van der Waals surface area contributed by atoms with Gasteiger partial charge in [0.2, 0.25) is 0 Å². The molecule has 0 saturated carbocycles. The summed E-state index contributed by atoms with van der Waals surface area (Å²) in [6, 6.07) is 0. The Bertz CT molecular complexity index is 1050. The lowest BCUT2D eigenvalue weighted by Crippen LogP contribution is -2.30. The molecule has 1 atom stereocenters. The van der Waals surface area contributed by atoms with E-state index in [-0.39, 0.29) is 31.1 Å². The molecule has 0 N–H and O–H groups in total. The molecule has 0 aromatic heterocycles. The van der Waals surface area contributed by atoms with E-state index in [4.69, 9.17) is 14.2 Å². The molecule has 0 aliphatic carbocycles. The van der Waals surface area contributed by atoms with Crippen molar-refractivity contribution >= 4 is 17.9 Å². The fourth-order valence-corrected chi connectivity index (χ4v) is 6.43. The van der Waals surface area contributed by atoms with Gasteiger partial charge in [0.25, 0.3) is 0 Å².